The molecule has 1 N–H and O–H groups in total. The SMILES string of the molecule is CCN(Cc1ccccc1)c1nncc(NCCOc2ccc(OC)cc2)n1. The number of aromatic nitrogens is 3. The van der Waals surface area contributed by atoms with E-state index in [0.29, 0.717) is 24.9 Å². The number of rotatable bonds is 10. The van der Waals surface area contributed by atoms with Crippen molar-refractivity contribution in [1.29, 1.82) is 0 Å². The quantitative estimate of drug-likeness (QED) is 0.541. The largest absolute Gasteiger partial charge is 0.497 e. The fourth-order valence-electron chi connectivity index (χ4n) is 2.66. The summed E-state index contributed by atoms with van der Waals surface area (Å²) in [5.41, 5.74) is 1.21. The number of methoxy groups -OCH3 is 1. The second-order valence-corrected chi connectivity index (χ2v) is 6.09. The van der Waals surface area contributed by atoms with Crippen LogP contribution in [0.4, 0.5) is 11.8 Å². The first-order valence-corrected chi connectivity index (χ1v) is 9.28. The number of benzene rings is 2. The zero-order valence-corrected chi connectivity index (χ0v) is 16.2. The van der Waals surface area contributed by atoms with Gasteiger partial charge in [0.25, 0.3) is 0 Å². The summed E-state index contributed by atoms with van der Waals surface area (Å²) in [6, 6.07) is 17.8. The summed E-state index contributed by atoms with van der Waals surface area (Å²) < 4.78 is 10.8. The second-order valence-electron chi connectivity index (χ2n) is 6.09. The van der Waals surface area contributed by atoms with Gasteiger partial charge in [-0.15, -0.1) is 5.10 Å². The Morgan fingerprint density at radius 3 is 2.46 bits per heavy atom. The minimum Gasteiger partial charge on any atom is -0.497 e. The van der Waals surface area contributed by atoms with Gasteiger partial charge in [0.2, 0.25) is 5.95 Å². The molecule has 0 atom stereocenters. The summed E-state index contributed by atoms with van der Waals surface area (Å²) in [4.78, 5) is 6.66. The van der Waals surface area contributed by atoms with Gasteiger partial charge < -0.3 is 19.7 Å². The Labute approximate surface area is 165 Å². The minimum atomic E-state index is 0.507. The number of nitrogens with one attached hydrogen (secondary N) is 1. The van der Waals surface area contributed by atoms with E-state index in [1.807, 2.05) is 42.5 Å². The average Bonchev–Trinajstić information content (AvgIpc) is 2.76. The van der Waals surface area contributed by atoms with Crippen LogP contribution in [0.1, 0.15) is 12.5 Å². The summed E-state index contributed by atoms with van der Waals surface area (Å²) in [7, 11) is 1.64. The van der Waals surface area contributed by atoms with Crippen LogP contribution in [0.5, 0.6) is 11.5 Å². The van der Waals surface area contributed by atoms with E-state index in [1.54, 1.807) is 13.3 Å². The van der Waals surface area contributed by atoms with Crippen molar-refractivity contribution in [1.82, 2.24) is 15.2 Å². The van der Waals surface area contributed by atoms with Gasteiger partial charge in [-0.2, -0.15) is 10.1 Å². The molecule has 0 spiro atoms. The van der Waals surface area contributed by atoms with Gasteiger partial charge >= 0.3 is 0 Å². The molecule has 0 amide bonds. The summed E-state index contributed by atoms with van der Waals surface area (Å²) in [6.07, 6.45) is 1.62. The molecule has 0 aliphatic carbocycles. The average molecular weight is 379 g/mol. The predicted molar refractivity (Wildman–Crippen MR) is 110 cm³/mol. The van der Waals surface area contributed by atoms with Crippen LogP contribution in [0.3, 0.4) is 0 Å². The first kappa shape index (κ1) is 19.4. The van der Waals surface area contributed by atoms with Crippen LogP contribution in [0, 0.1) is 0 Å². The van der Waals surface area contributed by atoms with Crippen molar-refractivity contribution >= 4 is 11.8 Å². The third-order valence-electron chi connectivity index (χ3n) is 4.16. The molecule has 7 heteroatoms. The van der Waals surface area contributed by atoms with Crippen molar-refractivity contribution in [2.45, 2.75) is 13.5 Å². The lowest BCUT2D eigenvalue weighted by molar-refractivity contribution is 0.331. The Morgan fingerprint density at radius 2 is 1.75 bits per heavy atom. The highest BCUT2D eigenvalue weighted by molar-refractivity contribution is 5.39. The van der Waals surface area contributed by atoms with Gasteiger partial charge in [0.1, 0.15) is 18.1 Å². The van der Waals surface area contributed by atoms with Crippen LogP contribution in [0.25, 0.3) is 0 Å². The molecule has 1 heterocycles. The van der Waals surface area contributed by atoms with Gasteiger partial charge in [-0.3, -0.25) is 0 Å². The van der Waals surface area contributed by atoms with Crippen LogP contribution in [-0.2, 0) is 6.54 Å². The van der Waals surface area contributed by atoms with Crippen molar-refractivity contribution in [3.05, 3.63) is 66.4 Å². The molecule has 0 bridgehead atoms. The highest BCUT2D eigenvalue weighted by Gasteiger charge is 2.10. The van der Waals surface area contributed by atoms with E-state index in [-0.39, 0.29) is 0 Å². The van der Waals surface area contributed by atoms with Crippen molar-refractivity contribution in [3.8, 4) is 11.5 Å². The van der Waals surface area contributed by atoms with E-state index >= 15 is 0 Å². The van der Waals surface area contributed by atoms with Gasteiger partial charge in [-0.25, -0.2) is 0 Å². The molecule has 3 rings (SSSR count). The predicted octanol–water partition coefficient (Wildman–Crippen LogP) is 3.40. The van der Waals surface area contributed by atoms with E-state index in [2.05, 4.69) is 44.5 Å². The molecule has 0 saturated carbocycles. The minimum absolute atomic E-state index is 0.507. The lowest BCUT2D eigenvalue weighted by Gasteiger charge is -2.20. The van der Waals surface area contributed by atoms with Gasteiger partial charge in [0.15, 0.2) is 5.82 Å². The van der Waals surface area contributed by atoms with Gasteiger partial charge in [0.05, 0.1) is 19.9 Å². The number of hydrogen-bond donors (Lipinski definition) is 1. The molecule has 3 aromatic rings. The number of anilines is 2. The molecule has 2 aromatic carbocycles. The van der Waals surface area contributed by atoms with Crippen LogP contribution < -0.4 is 19.7 Å². The van der Waals surface area contributed by atoms with E-state index < -0.39 is 0 Å². The normalized spacial score (nSPS) is 10.4. The van der Waals surface area contributed by atoms with Crippen LogP contribution >= 0.6 is 0 Å². The monoisotopic (exact) mass is 379 g/mol. The van der Waals surface area contributed by atoms with Crippen molar-refractivity contribution in [2.24, 2.45) is 0 Å². The zero-order valence-electron chi connectivity index (χ0n) is 16.2. The highest BCUT2D eigenvalue weighted by Crippen LogP contribution is 2.17. The Hall–Kier alpha value is -3.35. The Bertz CT molecular complexity index is 843. The Morgan fingerprint density at radius 1 is 1.00 bits per heavy atom. The molecule has 0 saturated heterocycles. The maximum absolute atomic E-state index is 5.71. The smallest absolute Gasteiger partial charge is 0.247 e. The van der Waals surface area contributed by atoms with E-state index in [1.165, 1.54) is 5.56 Å². The maximum atomic E-state index is 5.71. The maximum Gasteiger partial charge on any atom is 0.247 e. The van der Waals surface area contributed by atoms with Gasteiger partial charge in [-0.05, 0) is 36.8 Å². The van der Waals surface area contributed by atoms with Crippen LogP contribution in [-0.4, -0.2) is 42.0 Å². The molecule has 28 heavy (non-hydrogen) atoms. The number of ether oxygens (including phenoxy) is 2. The summed E-state index contributed by atoms with van der Waals surface area (Å²) >= 11 is 0. The molecule has 0 aliphatic rings. The van der Waals surface area contributed by atoms with Crippen molar-refractivity contribution in [3.63, 3.8) is 0 Å². The topological polar surface area (TPSA) is 72.4 Å². The molecule has 0 radical (unpaired) electrons. The lowest BCUT2D eigenvalue weighted by Crippen LogP contribution is -2.25. The number of nitrogens with zero attached hydrogens (tertiary/aromatic N) is 4. The first-order valence-electron chi connectivity index (χ1n) is 9.28. The third kappa shape index (κ3) is 5.57. The fourth-order valence-corrected chi connectivity index (χ4v) is 2.66. The van der Waals surface area contributed by atoms with Crippen molar-refractivity contribution < 1.29 is 9.47 Å². The lowest BCUT2D eigenvalue weighted by atomic mass is 10.2. The highest BCUT2D eigenvalue weighted by atomic mass is 16.5. The molecule has 146 valence electrons. The van der Waals surface area contributed by atoms with Gasteiger partial charge in [-0.1, -0.05) is 30.3 Å². The van der Waals surface area contributed by atoms with Gasteiger partial charge in [0, 0.05) is 13.1 Å². The van der Waals surface area contributed by atoms with Crippen molar-refractivity contribution in [2.75, 3.05) is 37.0 Å². The standard InChI is InChI=1S/C21H25N5O2/c1-3-26(16-17-7-5-4-6-8-17)21-24-20(15-23-25-21)22-13-14-28-19-11-9-18(27-2)10-12-19/h4-12,15H,3,13-14,16H2,1-2H3,(H,22,24,25). The van der Waals surface area contributed by atoms with Crippen LogP contribution in [0.15, 0.2) is 60.8 Å². The molecule has 0 aliphatic heterocycles. The molecule has 7 nitrogen and oxygen atoms in total. The second kappa shape index (κ2) is 10.1. The fraction of sp³-hybridized carbons (Fsp3) is 0.286. The summed E-state index contributed by atoms with van der Waals surface area (Å²) in [5.74, 6) is 2.88. The van der Waals surface area contributed by atoms with E-state index in [0.717, 1.165) is 24.6 Å². The first-order chi connectivity index (χ1) is 13.8. The Kier molecular flexibility index (Phi) is 7.01. The molecular weight excluding hydrogens is 354 g/mol. The Balaban J connectivity index is 1.52. The summed E-state index contributed by atoms with van der Waals surface area (Å²) in [5, 5.41) is 11.5. The number of hydrogen-bond acceptors (Lipinski definition) is 7. The third-order valence-corrected chi connectivity index (χ3v) is 4.16. The van der Waals surface area contributed by atoms with E-state index in [4.69, 9.17) is 9.47 Å². The zero-order chi connectivity index (χ0) is 19.6. The molecular formula is C21H25N5O2. The summed E-state index contributed by atoms with van der Waals surface area (Å²) in [6.45, 7) is 4.72. The van der Waals surface area contributed by atoms with E-state index in [9.17, 15) is 0 Å². The molecule has 0 unspecified atom stereocenters. The molecule has 1 aromatic heterocycles. The van der Waals surface area contributed by atoms with Crippen LogP contribution in [0.2, 0.25) is 0 Å². The molecule has 0 fully saturated rings.